The molecule has 148 valence electrons. The molecule has 0 aliphatic carbocycles. The summed E-state index contributed by atoms with van der Waals surface area (Å²) in [5, 5.41) is 2.77. The minimum absolute atomic E-state index is 0.0444. The largest absolute Gasteiger partial charge is 0.441 e. The minimum atomic E-state index is -1.34. The number of hydrogen-bond donors (Lipinski definition) is 1. The van der Waals surface area contributed by atoms with Crippen LogP contribution in [0.5, 0.6) is 0 Å². The second-order valence-electron chi connectivity index (χ2n) is 6.74. The summed E-state index contributed by atoms with van der Waals surface area (Å²) in [6, 6.07) is 7.86. The molecule has 0 bridgehead atoms. The molecule has 6 nitrogen and oxygen atoms in total. The molecule has 0 spiro atoms. The number of nitrogens with zero attached hydrogens (tertiary/aromatic N) is 1. The lowest BCUT2D eigenvalue weighted by Crippen LogP contribution is -2.30. The molecule has 1 aromatic carbocycles. The first-order valence-electron chi connectivity index (χ1n) is 9.11. The van der Waals surface area contributed by atoms with E-state index in [4.69, 9.17) is 9.15 Å². The number of aryl methyl sites for hydroxylation is 2. The van der Waals surface area contributed by atoms with Crippen molar-refractivity contribution in [1.82, 2.24) is 10.3 Å². The van der Waals surface area contributed by atoms with Crippen molar-refractivity contribution < 1.29 is 18.2 Å². The van der Waals surface area contributed by atoms with Crippen LogP contribution < -0.4 is 5.32 Å². The van der Waals surface area contributed by atoms with E-state index in [1.807, 2.05) is 45.0 Å². The average Bonchev–Trinajstić information content (AvgIpc) is 2.95. The Morgan fingerprint density at radius 1 is 1.26 bits per heavy atom. The Bertz CT molecular complexity index is 769. The van der Waals surface area contributed by atoms with E-state index in [2.05, 4.69) is 10.3 Å². The Morgan fingerprint density at radius 2 is 1.96 bits per heavy atom. The maximum atomic E-state index is 12.3. The van der Waals surface area contributed by atoms with Crippen LogP contribution in [0, 0.1) is 13.8 Å². The van der Waals surface area contributed by atoms with E-state index >= 15 is 0 Å². The number of carbonyl (C=O) groups is 1. The van der Waals surface area contributed by atoms with Gasteiger partial charge in [0, 0.05) is 29.5 Å². The van der Waals surface area contributed by atoms with E-state index < -0.39 is 10.8 Å². The fraction of sp³-hybridized carbons (Fsp3) is 0.500. The van der Waals surface area contributed by atoms with E-state index in [0.29, 0.717) is 30.5 Å². The topological polar surface area (TPSA) is 81.4 Å². The van der Waals surface area contributed by atoms with Gasteiger partial charge < -0.3 is 14.5 Å². The van der Waals surface area contributed by atoms with E-state index in [1.165, 1.54) is 0 Å². The Hall–Kier alpha value is -1.99. The van der Waals surface area contributed by atoms with Crippen LogP contribution in [-0.4, -0.2) is 40.1 Å². The van der Waals surface area contributed by atoms with Gasteiger partial charge in [-0.15, -0.1) is 0 Å². The number of hydrogen-bond acceptors (Lipinski definition) is 5. The third-order valence-corrected chi connectivity index (χ3v) is 5.06. The molecule has 1 aromatic heterocycles. The Morgan fingerprint density at radius 3 is 2.63 bits per heavy atom. The van der Waals surface area contributed by atoms with Gasteiger partial charge >= 0.3 is 0 Å². The molecular weight excluding hydrogens is 364 g/mol. The zero-order chi connectivity index (χ0) is 19.8. The van der Waals surface area contributed by atoms with Crippen molar-refractivity contribution in [3.05, 3.63) is 41.3 Å². The van der Waals surface area contributed by atoms with Crippen LogP contribution in [-0.2, 0) is 26.1 Å². The number of oxazole rings is 1. The number of rotatable bonds is 10. The van der Waals surface area contributed by atoms with Gasteiger partial charge in [0.25, 0.3) is 0 Å². The molecule has 0 aliphatic rings. The van der Waals surface area contributed by atoms with E-state index in [1.54, 1.807) is 6.92 Å². The number of aromatic nitrogens is 1. The van der Waals surface area contributed by atoms with Crippen LogP contribution in [0.4, 0.5) is 0 Å². The number of amides is 1. The maximum absolute atomic E-state index is 12.3. The van der Waals surface area contributed by atoms with E-state index in [9.17, 15) is 9.00 Å². The predicted octanol–water partition coefficient (Wildman–Crippen LogP) is 3.14. The molecule has 0 radical (unpaired) electrons. The first-order chi connectivity index (χ1) is 12.8. The van der Waals surface area contributed by atoms with Crippen molar-refractivity contribution in [3.8, 4) is 11.5 Å². The minimum Gasteiger partial charge on any atom is -0.441 e. The average molecular weight is 393 g/mol. The lowest BCUT2D eigenvalue weighted by atomic mass is 10.1. The first kappa shape index (κ1) is 21.3. The highest BCUT2D eigenvalue weighted by atomic mass is 32.2. The molecule has 0 saturated carbocycles. The van der Waals surface area contributed by atoms with Gasteiger partial charge in [-0.05, 0) is 46.2 Å². The van der Waals surface area contributed by atoms with Gasteiger partial charge in [0.15, 0.2) is 0 Å². The molecule has 2 rings (SSSR count). The zero-order valence-electron chi connectivity index (χ0n) is 16.4. The second-order valence-corrected chi connectivity index (χ2v) is 8.20. The Kier molecular flexibility index (Phi) is 8.19. The van der Waals surface area contributed by atoms with Crippen molar-refractivity contribution in [1.29, 1.82) is 0 Å². The maximum Gasteiger partial charge on any atom is 0.232 e. The molecule has 0 fully saturated rings. The van der Waals surface area contributed by atoms with E-state index in [0.717, 1.165) is 17.5 Å². The van der Waals surface area contributed by atoms with Crippen LogP contribution in [0.3, 0.4) is 0 Å². The van der Waals surface area contributed by atoms with Crippen LogP contribution in [0.2, 0.25) is 0 Å². The smallest absolute Gasteiger partial charge is 0.232 e. The van der Waals surface area contributed by atoms with Crippen molar-refractivity contribution in [2.75, 3.05) is 18.9 Å². The van der Waals surface area contributed by atoms with Crippen molar-refractivity contribution in [2.45, 2.75) is 46.0 Å². The molecule has 2 aromatic rings. The first-order valence-corrected chi connectivity index (χ1v) is 10.6. The number of carbonyl (C=O) groups excluding carboxylic acids is 1. The standard InChI is InChI=1S/C20H28N2O4S/c1-14(2)25-11-5-10-21-19(23)13-27(24)12-18-16(4)26-20(22-18)17-8-6-15(3)7-9-17/h6-9,14H,5,10-13H2,1-4H3,(H,21,23)/t27-/m0/s1. The summed E-state index contributed by atoms with van der Waals surface area (Å²) in [6.07, 6.45) is 0.919. The number of benzene rings is 1. The van der Waals surface area contributed by atoms with Gasteiger partial charge in [0.2, 0.25) is 11.8 Å². The summed E-state index contributed by atoms with van der Waals surface area (Å²) in [5.41, 5.74) is 2.66. The SMILES string of the molecule is Cc1ccc(-c2nc(C[S@](=O)CC(=O)NCCCOC(C)C)c(C)o2)cc1. The van der Waals surface area contributed by atoms with E-state index in [-0.39, 0.29) is 23.5 Å². The van der Waals surface area contributed by atoms with Crippen LogP contribution in [0.1, 0.15) is 37.3 Å². The Balaban J connectivity index is 1.81. The molecule has 0 aliphatic heterocycles. The summed E-state index contributed by atoms with van der Waals surface area (Å²) in [6.45, 7) is 8.87. The highest BCUT2D eigenvalue weighted by Gasteiger charge is 2.16. The Labute approximate surface area is 163 Å². The quantitative estimate of drug-likeness (QED) is 0.628. The van der Waals surface area contributed by atoms with Gasteiger partial charge in [0.1, 0.15) is 11.5 Å². The van der Waals surface area contributed by atoms with Crippen LogP contribution in [0.15, 0.2) is 28.7 Å². The molecule has 0 unspecified atom stereocenters. The molecule has 0 saturated heterocycles. The summed E-state index contributed by atoms with van der Waals surface area (Å²) in [5.74, 6) is 1.07. The van der Waals surface area contributed by atoms with Gasteiger partial charge in [0.05, 0.1) is 17.6 Å². The molecule has 1 N–H and O–H groups in total. The van der Waals surface area contributed by atoms with Crippen LogP contribution >= 0.6 is 0 Å². The molecular formula is C20H28N2O4S. The third kappa shape index (κ3) is 7.27. The monoisotopic (exact) mass is 392 g/mol. The van der Waals surface area contributed by atoms with Gasteiger partial charge in [-0.3, -0.25) is 9.00 Å². The highest BCUT2D eigenvalue weighted by molar-refractivity contribution is 7.84. The summed E-state index contributed by atoms with van der Waals surface area (Å²) >= 11 is 0. The second kappa shape index (κ2) is 10.4. The molecule has 27 heavy (non-hydrogen) atoms. The predicted molar refractivity (Wildman–Crippen MR) is 107 cm³/mol. The number of ether oxygens (including phenoxy) is 1. The van der Waals surface area contributed by atoms with Gasteiger partial charge in [-0.2, -0.15) is 0 Å². The molecule has 1 atom stereocenters. The van der Waals surface area contributed by atoms with Gasteiger partial charge in [-0.25, -0.2) is 4.98 Å². The lowest BCUT2D eigenvalue weighted by Gasteiger charge is -2.08. The van der Waals surface area contributed by atoms with Crippen LogP contribution in [0.25, 0.3) is 11.5 Å². The van der Waals surface area contributed by atoms with Crippen molar-refractivity contribution >= 4 is 16.7 Å². The van der Waals surface area contributed by atoms with Gasteiger partial charge in [-0.1, -0.05) is 17.7 Å². The van der Waals surface area contributed by atoms with Crippen molar-refractivity contribution in [3.63, 3.8) is 0 Å². The summed E-state index contributed by atoms with van der Waals surface area (Å²) < 4.78 is 23.4. The zero-order valence-corrected chi connectivity index (χ0v) is 17.2. The lowest BCUT2D eigenvalue weighted by molar-refractivity contribution is -0.118. The fourth-order valence-electron chi connectivity index (χ4n) is 2.40. The third-order valence-electron chi connectivity index (χ3n) is 3.88. The molecule has 1 amide bonds. The molecule has 7 heteroatoms. The normalized spacial score (nSPS) is 12.3. The summed E-state index contributed by atoms with van der Waals surface area (Å²) in [4.78, 5) is 16.3. The van der Waals surface area contributed by atoms with Crippen molar-refractivity contribution in [2.24, 2.45) is 0 Å². The summed E-state index contributed by atoms with van der Waals surface area (Å²) in [7, 11) is -1.34. The molecule has 1 heterocycles. The fourth-order valence-corrected chi connectivity index (χ4v) is 3.47. The highest BCUT2D eigenvalue weighted by Crippen LogP contribution is 2.22. The number of nitrogens with one attached hydrogen (secondary N) is 1.